The molecule has 1 aliphatic carbocycles. The molecule has 0 spiro atoms. The molecule has 0 unspecified atom stereocenters. The van der Waals surface area contributed by atoms with Crippen molar-refractivity contribution in [3.63, 3.8) is 0 Å². The number of halogens is 2. The molecule has 3 rings (SSSR count). The summed E-state index contributed by atoms with van der Waals surface area (Å²) in [6.45, 7) is 1.06. The smallest absolute Gasteiger partial charge is 0.174 e. The molecule has 1 aromatic carbocycles. The summed E-state index contributed by atoms with van der Waals surface area (Å²) in [5.74, 6) is 1.32. The van der Waals surface area contributed by atoms with Crippen LogP contribution in [0.15, 0.2) is 33.3 Å². The Balaban J connectivity index is 1.54. The van der Waals surface area contributed by atoms with Gasteiger partial charge in [0.15, 0.2) is 5.76 Å². The molecule has 1 N–H and O–H groups in total. The van der Waals surface area contributed by atoms with Gasteiger partial charge in [-0.15, -0.1) is 0 Å². The molecular weight excluding hydrogens is 344 g/mol. The van der Waals surface area contributed by atoms with Gasteiger partial charge >= 0.3 is 0 Å². The van der Waals surface area contributed by atoms with Crippen LogP contribution in [0.2, 0.25) is 5.02 Å². The third kappa shape index (κ3) is 3.75. The molecule has 1 aliphatic rings. The zero-order valence-corrected chi connectivity index (χ0v) is 13.1. The van der Waals surface area contributed by atoms with Gasteiger partial charge in [0.05, 0.1) is 10.7 Å². The molecule has 0 amide bonds. The van der Waals surface area contributed by atoms with Crippen LogP contribution in [0.5, 0.6) is 5.75 Å². The zero-order valence-electron chi connectivity index (χ0n) is 10.7. The quantitative estimate of drug-likeness (QED) is 0.851. The van der Waals surface area contributed by atoms with Gasteiger partial charge in [-0.05, 0) is 31.0 Å². The number of hydrogen-bond acceptors (Lipinski definition) is 4. The van der Waals surface area contributed by atoms with E-state index < -0.39 is 0 Å². The number of nitrogens with one attached hydrogen (secondary N) is 1. The first kappa shape index (κ1) is 13.9. The second-order valence-corrected chi connectivity index (χ2v) is 6.13. The normalized spacial score (nSPS) is 14.5. The van der Waals surface area contributed by atoms with Crippen LogP contribution in [-0.4, -0.2) is 11.2 Å². The molecular formula is C14H14BrClN2O2. The Morgan fingerprint density at radius 3 is 3.00 bits per heavy atom. The van der Waals surface area contributed by atoms with Gasteiger partial charge in [-0.3, -0.25) is 0 Å². The molecule has 2 aromatic rings. The average Bonchev–Trinajstić information content (AvgIpc) is 3.14. The lowest BCUT2D eigenvalue weighted by molar-refractivity contribution is 0.248. The molecule has 0 aliphatic heterocycles. The Morgan fingerprint density at radius 1 is 1.40 bits per heavy atom. The lowest BCUT2D eigenvalue weighted by Crippen LogP contribution is -2.15. The SMILES string of the molecule is Clc1cc(Br)ccc1OCc1cc(CNC2CC2)no1. The molecule has 0 bridgehead atoms. The molecule has 1 fully saturated rings. The maximum absolute atomic E-state index is 6.08. The summed E-state index contributed by atoms with van der Waals surface area (Å²) in [5.41, 5.74) is 0.900. The van der Waals surface area contributed by atoms with Crippen molar-refractivity contribution in [2.75, 3.05) is 0 Å². The van der Waals surface area contributed by atoms with Crippen LogP contribution in [0.3, 0.4) is 0 Å². The highest BCUT2D eigenvalue weighted by Crippen LogP contribution is 2.28. The minimum atomic E-state index is 0.317. The molecule has 6 heteroatoms. The van der Waals surface area contributed by atoms with Crippen molar-refractivity contribution >= 4 is 27.5 Å². The van der Waals surface area contributed by atoms with E-state index in [9.17, 15) is 0 Å². The van der Waals surface area contributed by atoms with Crippen molar-refractivity contribution in [1.82, 2.24) is 10.5 Å². The molecule has 1 aromatic heterocycles. The van der Waals surface area contributed by atoms with E-state index >= 15 is 0 Å². The van der Waals surface area contributed by atoms with E-state index in [1.807, 2.05) is 18.2 Å². The van der Waals surface area contributed by atoms with Crippen molar-refractivity contribution in [2.24, 2.45) is 0 Å². The number of ether oxygens (including phenoxy) is 1. The molecule has 20 heavy (non-hydrogen) atoms. The Kier molecular flexibility index (Phi) is 4.29. The van der Waals surface area contributed by atoms with Gasteiger partial charge in [0.2, 0.25) is 0 Å². The van der Waals surface area contributed by atoms with Crippen LogP contribution < -0.4 is 10.1 Å². The summed E-state index contributed by atoms with van der Waals surface area (Å²) in [6, 6.07) is 8.06. The highest BCUT2D eigenvalue weighted by atomic mass is 79.9. The van der Waals surface area contributed by atoms with Gasteiger partial charge in [-0.2, -0.15) is 0 Å². The highest BCUT2D eigenvalue weighted by Gasteiger charge is 2.20. The minimum absolute atomic E-state index is 0.317. The Hall–Kier alpha value is -1.04. The average molecular weight is 358 g/mol. The lowest BCUT2D eigenvalue weighted by atomic mass is 10.3. The van der Waals surface area contributed by atoms with Crippen LogP contribution in [0.1, 0.15) is 24.3 Å². The molecule has 106 valence electrons. The van der Waals surface area contributed by atoms with Gasteiger partial charge in [-0.25, -0.2) is 0 Å². The summed E-state index contributed by atoms with van der Waals surface area (Å²) < 4.78 is 11.8. The highest BCUT2D eigenvalue weighted by molar-refractivity contribution is 9.10. The van der Waals surface area contributed by atoms with Gasteiger partial charge < -0.3 is 14.6 Å². The largest absolute Gasteiger partial charge is 0.484 e. The van der Waals surface area contributed by atoms with Crippen molar-refractivity contribution < 1.29 is 9.26 Å². The van der Waals surface area contributed by atoms with E-state index in [0.29, 0.717) is 29.2 Å². The van der Waals surface area contributed by atoms with E-state index in [1.54, 1.807) is 6.07 Å². The van der Waals surface area contributed by atoms with Crippen LogP contribution in [0, 0.1) is 0 Å². The molecule has 1 heterocycles. The van der Waals surface area contributed by atoms with Crippen molar-refractivity contribution in [1.29, 1.82) is 0 Å². The van der Waals surface area contributed by atoms with Gasteiger partial charge in [-0.1, -0.05) is 32.7 Å². The summed E-state index contributed by atoms with van der Waals surface area (Å²) in [5, 5.41) is 7.96. The monoisotopic (exact) mass is 356 g/mol. The first-order chi connectivity index (χ1) is 9.70. The Bertz CT molecular complexity index is 599. The standard InChI is InChI=1S/C14H14BrClN2O2/c15-9-1-4-14(13(16)5-9)19-8-12-6-11(18-20-12)7-17-10-2-3-10/h1,4-6,10,17H,2-3,7-8H2. The van der Waals surface area contributed by atoms with Crippen LogP contribution >= 0.6 is 27.5 Å². The van der Waals surface area contributed by atoms with Crippen LogP contribution in [0.25, 0.3) is 0 Å². The second-order valence-electron chi connectivity index (χ2n) is 4.80. The maximum Gasteiger partial charge on any atom is 0.174 e. The van der Waals surface area contributed by atoms with E-state index in [-0.39, 0.29) is 0 Å². The maximum atomic E-state index is 6.08. The van der Waals surface area contributed by atoms with Crippen molar-refractivity contribution in [3.8, 4) is 5.75 Å². The van der Waals surface area contributed by atoms with Crippen molar-refractivity contribution in [3.05, 3.63) is 45.2 Å². The Morgan fingerprint density at radius 2 is 2.25 bits per heavy atom. The molecule has 0 atom stereocenters. The summed E-state index contributed by atoms with van der Waals surface area (Å²) >= 11 is 9.44. The zero-order chi connectivity index (χ0) is 13.9. The lowest BCUT2D eigenvalue weighted by Gasteiger charge is -2.05. The Labute approximate surface area is 130 Å². The van der Waals surface area contributed by atoms with Crippen LogP contribution in [-0.2, 0) is 13.2 Å². The topological polar surface area (TPSA) is 47.3 Å². The van der Waals surface area contributed by atoms with Gasteiger partial charge in [0.1, 0.15) is 12.4 Å². The van der Waals surface area contributed by atoms with Crippen LogP contribution in [0.4, 0.5) is 0 Å². The predicted octanol–water partition coefficient (Wildman–Crippen LogP) is 3.92. The third-order valence-corrected chi connectivity index (χ3v) is 3.81. The fourth-order valence-corrected chi connectivity index (χ4v) is 2.51. The fraction of sp³-hybridized carbons (Fsp3) is 0.357. The first-order valence-electron chi connectivity index (χ1n) is 6.46. The number of benzene rings is 1. The summed E-state index contributed by atoms with van der Waals surface area (Å²) in [7, 11) is 0. The van der Waals surface area contributed by atoms with Crippen molar-refractivity contribution in [2.45, 2.75) is 32.0 Å². The molecule has 0 saturated heterocycles. The van der Waals surface area contributed by atoms with E-state index in [2.05, 4.69) is 26.4 Å². The summed E-state index contributed by atoms with van der Waals surface area (Å²) in [4.78, 5) is 0. The summed E-state index contributed by atoms with van der Waals surface area (Å²) in [6.07, 6.45) is 2.52. The van der Waals surface area contributed by atoms with E-state index in [0.717, 1.165) is 16.7 Å². The number of hydrogen-bond donors (Lipinski definition) is 1. The molecule has 0 radical (unpaired) electrons. The number of nitrogens with zero attached hydrogens (tertiary/aromatic N) is 1. The molecule has 1 saturated carbocycles. The van der Waals surface area contributed by atoms with E-state index in [4.69, 9.17) is 20.9 Å². The molecule has 4 nitrogen and oxygen atoms in total. The second kappa shape index (κ2) is 6.16. The van der Waals surface area contributed by atoms with Gasteiger partial charge in [0, 0.05) is 23.1 Å². The number of aromatic nitrogens is 1. The third-order valence-electron chi connectivity index (χ3n) is 3.02. The fourth-order valence-electron chi connectivity index (χ4n) is 1.78. The first-order valence-corrected chi connectivity index (χ1v) is 7.63. The number of rotatable bonds is 6. The van der Waals surface area contributed by atoms with E-state index in [1.165, 1.54) is 12.8 Å². The van der Waals surface area contributed by atoms with Gasteiger partial charge in [0.25, 0.3) is 0 Å². The predicted molar refractivity (Wildman–Crippen MR) is 79.8 cm³/mol. The minimum Gasteiger partial charge on any atom is -0.484 e.